The second-order valence-electron chi connectivity index (χ2n) is 17.6. The lowest BCUT2D eigenvalue weighted by Crippen LogP contribution is -2.30. The minimum atomic E-state index is -1.50. The number of ether oxygens (including phenoxy) is 7. The van der Waals surface area contributed by atoms with Crippen LogP contribution in [0.1, 0.15) is 207 Å². The molecule has 0 saturated carbocycles. The van der Waals surface area contributed by atoms with Gasteiger partial charge in [0.2, 0.25) is 5.76 Å². The number of nitrogens with zero attached hydrogens (tertiary/aromatic N) is 2. The second-order valence-corrected chi connectivity index (χ2v) is 17.6. The molecule has 384 valence electrons. The van der Waals surface area contributed by atoms with Crippen molar-refractivity contribution < 1.29 is 61.9 Å². The first-order valence-corrected chi connectivity index (χ1v) is 25.5. The van der Waals surface area contributed by atoms with E-state index in [1.54, 1.807) is 6.92 Å². The fourth-order valence-electron chi connectivity index (χ4n) is 6.69. The van der Waals surface area contributed by atoms with Gasteiger partial charge in [-0.15, -0.1) is 0 Å². The summed E-state index contributed by atoms with van der Waals surface area (Å²) in [7, 11) is 7.34. The minimum Gasteiger partial charge on any atom is -0.466 e. The molecule has 0 spiro atoms. The molecule has 0 radical (unpaired) electrons. The SMILES string of the molecule is CCCCCCCC(=O)OCCCCCCCCC(=O)O/C(CCOC(=O)CCN(C)C)=C(\OC(=O)CCCCCCCCOC(=O)CCCCCCC)[C@@H](OCC)OC(=O)CCN(C)C. The number of carbonyl (C=O) groups excluding carboxylic acids is 6. The van der Waals surface area contributed by atoms with Crippen LogP contribution >= 0.6 is 0 Å². The van der Waals surface area contributed by atoms with E-state index in [-0.39, 0.29) is 68.8 Å². The summed E-state index contributed by atoms with van der Waals surface area (Å²) in [5.41, 5.74) is 0. The summed E-state index contributed by atoms with van der Waals surface area (Å²) in [5.74, 6) is -2.89. The van der Waals surface area contributed by atoms with Gasteiger partial charge < -0.3 is 43.0 Å². The third-order valence-electron chi connectivity index (χ3n) is 10.7. The number of esters is 6. The molecule has 0 aliphatic heterocycles. The van der Waals surface area contributed by atoms with Crippen LogP contribution in [-0.2, 0) is 61.9 Å². The smallest absolute Gasteiger partial charge is 0.311 e. The lowest BCUT2D eigenvalue weighted by Gasteiger charge is -2.23. The van der Waals surface area contributed by atoms with Crippen molar-refractivity contribution >= 4 is 35.8 Å². The van der Waals surface area contributed by atoms with Crippen LogP contribution in [0.15, 0.2) is 11.5 Å². The molecule has 15 nitrogen and oxygen atoms in total. The normalized spacial score (nSPS) is 12.1. The number of hydrogen-bond donors (Lipinski definition) is 0. The Hall–Kier alpha value is -3.56. The van der Waals surface area contributed by atoms with Crippen molar-refractivity contribution in [2.24, 2.45) is 0 Å². The van der Waals surface area contributed by atoms with Crippen LogP contribution < -0.4 is 0 Å². The van der Waals surface area contributed by atoms with Crippen molar-refractivity contribution in [3.8, 4) is 0 Å². The van der Waals surface area contributed by atoms with Gasteiger partial charge in [0.05, 0.1) is 32.7 Å². The van der Waals surface area contributed by atoms with Crippen LogP contribution in [0.25, 0.3) is 0 Å². The van der Waals surface area contributed by atoms with E-state index in [0.717, 1.165) is 103 Å². The van der Waals surface area contributed by atoms with Gasteiger partial charge in [0.25, 0.3) is 6.29 Å². The van der Waals surface area contributed by atoms with E-state index >= 15 is 0 Å². The summed E-state index contributed by atoms with van der Waals surface area (Å²) >= 11 is 0. The Morgan fingerprint density at radius 2 is 0.742 bits per heavy atom. The monoisotopic (exact) mass is 941 g/mol. The van der Waals surface area contributed by atoms with Crippen LogP contribution in [0.3, 0.4) is 0 Å². The molecule has 1 atom stereocenters. The molecule has 0 aromatic heterocycles. The first-order valence-electron chi connectivity index (χ1n) is 25.5. The maximum Gasteiger partial charge on any atom is 0.311 e. The van der Waals surface area contributed by atoms with E-state index in [1.807, 2.05) is 38.0 Å². The topological polar surface area (TPSA) is 174 Å². The maximum absolute atomic E-state index is 13.4. The number of rotatable bonds is 45. The Balaban J connectivity index is 5.55. The van der Waals surface area contributed by atoms with E-state index in [2.05, 4.69) is 13.8 Å². The highest BCUT2D eigenvalue weighted by atomic mass is 16.7. The minimum absolute atomic E-state index is 0.0301. The molecule has 0 aliphatic rings. The Morgan fingerprint density at radius 1 is 0.379 bits per heavy atom. The number of carbonyl (C=O) groups is 6. The van der Waals surface area contributed by atoms with Crippen LogP contribution in [0.4, 0.5) is 0 Å². The van der Waals surface area contributed by atoms with Gasteiger partial charge in [-0.2, -0.15) is 0 Å². The molecule has 0 rings (SSSR count). The largest absolute Gasteiger partial charge is 0.466 e. The highest BCUT2D eigenvalue weighted by Crippen LogP contribution is 2.24. The molecule has 0 unspecified atom stereocenters. The molecule has 0 amide bonds. The van der Waals surface area contributed by atoms with E-state index in [4.69, 9.17) is 33.2 Å². The summed E-state index contributed by atoms with van der Waals surface area (Å²) in [4.78, 5) is 80.0. The van der Waals surface area contributed by atoms with Crippen molar-refractivity contribution in [3.05, 3.63) is 11.5 Å². The number of hydrogen-bond acceptors (Lipinski definition) is 15. The van der Waals surface area contributed by atoms with E-state index in [9.17, 15) is 28.8 Å². The summed E-state index contributed by atoms with van der Waals surface area (Å²) in [6.07, 6.45) is 20.1. The molecule has 0 saturated heterocycles. The van der Waals surface area contributed by atoms with Gasteiger partial charge in [0.1, 0.15) is 0 Å². The summed E-state index contributed by atoms with van der Waals surface area (Å²) < 4.78 is 39.5. The molecular formula is C51H92N2O13. The summed E-state index contributed by atoms with van der Waals surface area (Å²) in [5, 5.41) is 0. The first-order chi connectivity index (χ1) is 31.8. The van der Waals surface area contributed by atoms with E-state index in [1.165, 1.54) is 25.7 Å². The molecule has 66 heavy (non-hydrogen) atoms. The van der Waals surface area contributed by atoms with Crippen LogP contribution in [-0.4, -0.2) is 120 Å². The van der Waals surface area contributed by atoms with Gasteiger partial charge in [-0.05, 0) is 73.6 Å². The zero-order valence-electron chi connectivity index (χ0n) is 42.5. The van der Waals surface area contributed by atoms with Crippen LogP contribution in [0.5, 0.6) is 0 Å². The third-order valence-corrected chi connectivity index (χ3v) is 10.7. The Labute approximate surface area is 399 Å². The molecule has 0 fully saturated rings. The van der Waals surface area contributed by atoms with Gasteiger partial charge in [0, 0.05) is 51.8 Å². The van der Waals surface area contributed by atoms with Gasteiger partial charge in [-0.3, -0.25) is 28.8 Å². The highest BCUT2D eigenvalue weighted by molar-refractivity contribution is 5.73. The Bertz CT molecular complexity index is 1320. The molecule has 0 aromatic carbocycles. The highest BCUT2D eigenvalue weighted by Gasteiger charge is 2.30. The fourth-order valence-corrected chi connectivity index (χ4v) is 6.69. The summed E-state index contributed by atoms with van der Waals surface area (Å²) in [6.45, 7) is 7.63. The average molecular weight is 941 g/mol. The quantitative estimate of drug-likeness (QED) is 0.0185. The predicted molar refractivity (Wildman–Crippen MR) is 256 cm³/mol. The molecule has 0 heterocycles. The van der Waals surface area contributed by atoms with Gasteiger partial charge in [0.15, 0.2) is 5.76 Å². The van der Waals surface area contributed by atoms with Crippen LogP contribution in [0, 0.1) is 0 Å². The van der Waals surface area contributed by atoms with Gasteiger partial charge in [-0.25, -0.2) is 0 Å². The Morgan fingerprint density at radius 3 is 1.18 bits per heavy atom. The third kappa shape index (κ3) is 39.6. The fraction of sp³-hybridized carbons (Fsp3) is 0.843. The van der Waals surface area contributed by atoms with Crippen molar-refractivity contribution in [2.45, 2.75) is 213 Å². The number of unbranched alkanes of at least 4 members (excludes halogenated alkanes) is 18. The lowest BCUT2D eigenvalue weighted by molar-refractivity contribution is -0.182. The molecule has 15 heteroatoms. The molecule has 0 aromatic rings. The standard InChI is InChI=1S/C51H92N2O13/c1-8-11-13-19-25-31-44(54)61-40-29-23-17-15-21-27-33-47(57)64-43(37-42-63-46(56)35-38-52(4)5)50(51(60-10-3)66-49(59)36-39-53(6)7)65-48(58)34-28-22-16-18-24-30-41-62-45(55)32-26-20-14-12-9-2/h51H,8-42H2,1-7H3/b50-43-/t51-/m0/s1. The zero-order chi connectivity index (χ0) is 49.0. The molecular weight excluding hydrogens is 849 g/mol. The van der Waals surface area contributed by atoms with Crippen LogP contribution in [0.2, 0.25) is 0 Å². The van der Waals surface area contributed by atoms with Crippen molar-refractivity contribution in [1.29, 1.82) is 0 Å². The molecule has 0 aliphatic carbocycles. The molecule has 0 bridgehead atoms. The van der Waals surface area contributed by atoms with Crippen molar-refractivity contribution in [2.75, 3.05) is 67.7 Å². The average Bonchev–Trinajstić information content (AvgIpc) is 3.27. The van der Waals surface area contributed by atoms with E-state index < -0.39 is 30.2 Å². The predicted octanol–water partition coefficient (Wildman–Crippen LogP) is 10.3. The molecule has 0 N–H and O–H groups in total. The summed E-state index contributed by atoms with van der Waals surface area (Å²) in [6, 6.07) is 0. The van der Waals surface area contributed by atoms with Crippen molar-refractivity contribution in [1.82, 2.24) is 9.80 Å². The lowest BCUT2D eigenvalue weighted by atomic mass is 10.1. The van der Waals surface area contributed by atoms with E-state index in [0.29, 0.717) is 52.0 Å². The first kappa shape index (κ1) is 62.4. The maximum atomic E-state index is 13.4. The van der Waals surface area contributed by atoms with Gasteiger partial charge in [-0.1, -0.05) is 117 Å². The Kier molecular flexibility index (Phi) is 41.6. The zero-order valence-corrected chi connectivity index (χ0v) is 42.5. The van der Waals surface area contributed by atoms with Crippen molar-refractivity contribution in [3.63, 3.8) is 0 Å². The second kappa shape index (κ2) is 44.0. The van der Waals surface area contributed by atoms with Gasteiger partial charge >= 0.3 is 35.8 Å².